The van der Waals surface area contributed by atoms with Crippen molar-refractivity contribution in [3.63, 3.8) is 0 Å². The third-order valence-electron chi connectivity index (χ3n) is 5.96. The molecule has 0 spiro atoms. The van der Waals surface area contributed by atoms with E-state index >= 15 is 0 Å². The van der Waals surface area contributed by atoms with Crippen LogP contribution >= 0.6 is 0 Å². The van der Waals surface area contributed by atoms with Gasteiger partial charge in [-0.3, -0.25) is 0 Å². The van der Waals surface area contributed by atoms with Crippen LogP contribution in [0.5, 0.6) is 5.75 Å². The molecule has 1 unspecified atom stereocenters. The maximum atomic E-state index is 12.4. The molecular formula is C23H37N3O3. The third kappa shape index (κ3) is 5.28. The van der Waals surface area contributed by atoms with Gasteiger partial charge in [-0.25, -0.2) is 4.79 Å². The van der Waals surface area contributed by atoms with Crippen LogP contribution in [0.4, 0.5) is 16.2 Å². The number of carbonyl (C=O) groups is 1. The number of nitrogens with zero attached hydrogens (tertiary/aromatic N) is 2. The minimum Gasteiger partial charge on any atom is -0.495 e. The van der Waals surface area contributed by atoms with Crippen molar-refractivity contribution in [1.82, 2.24) is 4.90 Å². The second kappa shape index (κ2) is 8.72. The lowest BCUT2D eigenvalue weighted by Crippen LogP contribution is -2.41. The van der Waals surface area contributed by atoms with Crippen LogP contribution in [0.3, 0.4) is 0 Å². The van der Waals surface area contributed by atoms with Crippen LogP contribution in [0, 0.1) is 5.92 Å². The van der Waals surface area contributed by atoms with E-state index in [1.807, 2.05) is 25.7 Å². The molecule has 6 heteroatoms. The molecule has 0 saturated carbocycles. The first-order valence-corrected chi connectivity index (χ1v) is 10.9. The highest BCUT2D eigenvalue weighted by molar-refractivity contribution is 5.69. The monoisotopic (exact) mass is 403 g/mol. The fraction of sp³-hybridized carbons (Fsp3) is 0.696. The average molecular weight is 404 g/mol. The Labute approximate surface area is 175 Å². The highest BCUT2D eigenvalue weighted by Gasteiger charge is 2.30. The van der Waals surface area contributed by atoms with Crippen LogP contribution < -0.4 is 15.4 Å². The topological polar surface area (TPSA) is 68.0 Å². The van der Waals surface area contributed by atoms with E-state index in [0.29, 0.717) is 30.6 Å². The summed E-state index contributed by atoms with van der Waals surface area (Å²) >= 11 is 0. The van der Waals surface area contributed by atoms with Gasteiger partial charge in [0.25, 0.3) is 0 Å². The normalized spacial score (nSPS) is 21.2. The number of likely N-dealkylation sites (tertiary alicyclic amines) is 1. The first-order valence-electron chi connectivity index (χ1n) is 10.9. The van der Waals surface area contributed by atoms with Crippen LogP contribution in [-0.4, -0.2) is 49.9 Å². The number of nitrogen functional groups attached to an aromatic ring is 1. The Bertz CT molecular complexity index is 721. The van der Waals surface area contributed by atoms with Crippen molar-refractivity contribution in [2.75, 3.05) is 43.9 Å². The Morgan fingerprint density at radius 3 is 2.41 bits per heavy atom. The van der Waals surface area contributed by atoms with E-state index in [-0.39, 0.29) is 6.09 Å². The molecule has 2 N–H and O–H groups in total. The fourth-order valence-electron chi connectivity index (χ4n) is 4.49. The van der Waals surface area contributed by atoms with Crippen molar-refractivity contribution < 1.29 is 14.3 Å². The first kappa shape index (κ1) is 21.6. The molecule has 3 rings (SSSR count). The van der Waals surface area contributed by atoms with Crippen molar-refractivity contribution >= 4 is 17.5 Å². The van der Waals surface area contributed by atoms with Gasteiger partial charge in [-0.1, -0.05) is 6.92 Å². The number of methoxy groups -OCH3 is 1. The molecule has 2 aliphatic heterocycles. The molecule has 2 aliphatic rings. The molecule has 29 heavy (non-hydrogen) atoms. The molecular weight excluding hydrogens is 366 g/mol. The SMILES string of the molecule is COc1cc(N2CCCC(C)C2)c(C2CCN(C(=O)OC(C)(C)C)CC2)cc1N. The summed E-state index contributed by atoms with van der Waals surface area (Å²) in [6, 6.07) is 4.21. The summed E-state index contributed by atoms with van der Waals surface area (Å²) < 4.78 is 11.1. The van der Waals surface area contributed by atoms with E-state index in [4.69, 9.17) is 15.2 Å². The molecule has 0 bridgehead atoms. The van der Waals surface area contributed by atoms with E-state index in [1.54, 1.807) is 7.11 Å². The number of hydrogen-bond donors (Lipinski definition) is 1. The summed E-state index contributed by atoms with van der Waals surface area (Å²) in [6.45, 7) is 11.6. The van der Waals surface area contributed by atoms with Gasteiger partial charge in [0.1, 0.15) is 11.4 Å². The van der Waals surface area contributed by atoms with Crippen molar-refractivity contribution in [3.05, 3.63) is 17.7 Å². The highest BCUT2D eigenvalue weighted by Crippen LogP contribution is 2.41. The second-order valence-corrected chi connectivity index (χ2v) is 9.59. The number of anilines is 2. The van der Waals surface area contributed by atoms with Gasteiger partial charge >= 0.3 is 6.09 Å². The number of nitrogens with two attached hydrogens (primary N) is 1. The summed E-state index contributed by atoms with van der Waals surface area (Å²) in [5.41, 5.74) is 9.05. The van der Waals surface area contributed by atoms with Gasteiger partial charge in [0.2, 0.25) is 0 Å². The van der Waals surface area contributed by atoms with Gasteiger partial charge in [0.05, 0.1) is 12.8 Å². The van der Waals surface area contributed by atoms with E-state index in [2.05, 4.69) is 24.0 Å². The number of piperidine rings is 2. The van der Waals surface area contributed by atoms with Crippen LogP contribution in [0.1, 0.15) is 64.9 Å². The zero-order valence-corrected chi connectivity index (χ0v) is 18.7. The average Bonchev–Trinajstić information content (AvgIpc) is 2.66. The summed E-state index contributed by atoms with van der Waals surface area (Å²) in [7, 11) is 1.67. The molecule has 0 aliphatic carbocycles. The number of ether oxygens (including phenoxy) is 2. The highest BCUT2D eigenvalue weighted by atomic mass is 16.6. The maximum Gasteiger partial charge on any atom is 0.410 e. The summed E-state index contributed by atoms with van der Waals surface area (Å²) in [4.78, 5) is 16.7. The van der Waals surface area contributed by atoms with Crippen molar-refractivity contribution in [1.29, 1.82) is 0 Å². The predicted molar refractivity (Wildman–Crippen MR) is 118 cm³/mol. The molecule has 2 fully saturated rings. The minimum atomic E-state index is -0.462. The zero-order valence-electron chi connectivity index (χ0n) is 18.7. The smallest absolute Gasteiger partial charge is 0.410 e. The van der Waals surface area contributed by atoms with Crippen LogP contribution in [0.25, 0.3) is 0 Å². The van der Waals surface area contributed by atoms with Crippen LogP contribution in [-0.2, 0) is 4.74 Å². The Hall–Kier alpha value is -2.11. The molecule has 2 saturated heterocycles. The van der Waals surface area contributed by atoms with Gasteiger partial charge in [0, 0.05) is 37.9 Å². The number of benzene rings is 1. The zero-order chi connectivity index (χ0) is 21.2. The van der Waals surface area contributed by atoms with Gasteiger partial charge in [-0.15, -0.1) is 0 Å². The van der Waals surface area contributed by atoms with E-state index in [0.717, 1.165) is 31.7 Å². The molecule has 1 aromatic carbocycles. The molecule has 1 aromatic rings. The Morgan fingerprint density at radius 2 is 1.83 bits per heavy atom. The van der Waals surface area contributed by atoms with E-state index in [1.165, 1.54) is 24.1 Å². The number of amides is 1. The molecule has 6 nitrogen and oxygen atoms in total. The lowest BCUT2D eigenvalue weighted by molar-refractivity contribution is 0.0205. The standard InChI is InChI=1S/C23H37N3O3/c1-16-7-6-10-26(15-16)20-14-21(28-5)19(24)13-18(20)17-8-11-25(12-9-17)22(27)29-23(2,3)4/h13-14,16-17H,6-12,15,24H2,1-5H3. The second-order valence-electron chi connectivity index (χ2n) is 9.59. The quantitative estimate of drug-likeness (QED) is 0.746. The molecule has 1 atom stereocenters. The predicted octanol–water partition coefficient (Wildman–Crippen LogP) is 4.63. The molecule has 0 radical (unpaired) electrons. The Balaban J connectivity index is 1.78. The van der Waals surface area contributed by atoms with Crippen molar-refractivity contribution in [2.45, 2.75) is 64.9 Å². The lowest BCUT2D eigenvalue weighted by Gasteiger charge is -2.38. The van der Waals surface area contributed by atoms with Gasteiger partial charge < -0.3 is 25.0 Å². The Kier molecular flexibility index (Phi) is 6.49. The van der Waals surface area contributed by atoms with E-state index in [9.17, 15) is 4.79 Å². The molecule has 162 valence electrons. The van der Waals surface area contributed by atoms with Crippen LogP contribution in [0.2, 0.25) is 0 Å². The lowest BCUT2D eigenvalue weighted by atomic mass is 9.87. The number of rotatable bonds is 3. The van der Waals surface area contributed by atoms with Crippen LogP contribution in [0.15, 0.2) is 12.1 Å². The molecule has 0 aromatic heterocycles. The Morgan fingerprint density at radius 1 is 1.14 bits per heavy atom. The fourth-order valence-corrected chi connectivity index (χ4v) is 4.49. The number of hydrogen-bond acceptors (Lipinski definition) is 5. The largest absolute Gasteiger partial charge is 0.495 e. The third-order valence-corrected chi connectivity index (χ3v) is 5.96. The maximum absolute atomic E-state index is 12.4. The number of carbonyl (C=O) groups excluding carboxylic acids is 1. The van der Waals surface area contributed by atoms with Gasteiger partial charge in [-0.05, 0) is 69.9 Å². The van der Waals surface area contributed by atoms with E-state index < -0.39 is 5.60 Å². The summed E-state index contributed by atoms with van der Waals surface area (Å²) in [5.74, 6) is 1.82. The van der Waals surface area contributed by atoms with Crippen molar-refractivity contribution in [2.24, 2.45) is 5.92 Å². The first-order chi connectivity index (χ1) is 13.7. The van der Waals surface area contributed by atoms with Gasteiger partial charge in [0.15, 0.2) is 0 Å². The molecule has 1 amide bonds. The summed E-state index contributed by atoms with van der Waals surface area (Å²) in [5, 5.41) is 0. The van der Waals surface area contributed by atoms with Crippen molar-refractivity contribution in [3.8, 4) is 5.75 Å². The molecule has 2 heterocycles. The summed E-state index contributed by atoms with van der Waals surface area (Å²) in [6.07, 6.45) is 4.12. The minimum absolute atomic E-state index is 0.213. The van der Waals surface area contributed by atoms with Gasteiger partial charge in [-0.2, -0.15) is 0 Å².